The summed E-state index contributed by atoms with van der Waals surface area (Å²) in [5.74, 6) is 0.611. The molecule has 0 aliphatic rings. The lowest BCUT2D eigenvalue weighted by Crippen LogP contribution is -2.17. The van der Waals surface area contributed by atoms with Crippen LogP contribution >= 0.6 is 11.6 Å². The standard InChI is InChI=1S/C18H22ClN5O/c1-5-23-14-9-7-6-8-13(14)20-18(23)21-17(25)15-12(4)22-24(16(15)19)10-11(2)3/h6-9,11H,5,10H2,1-4H3,(H,20,21,25). The SMILES string of the molecule is CCn1c(NC(=O)c2c(C)nn(CC(C)C)c2Cl)nc2ccccc21. The molecule has 0 saturated carbocycles. The van der Waals surface area contributed by atoms with Gasteiger partial charge in [0.05, 0.1) is 22.3 Å². The zero-order chi connectivity index (χ0) is 18.1. The van der Waals surface area contributed by atoms with Crippen LogP contribution in [0, 0.1) is 12.8 Å². The maximum Gasteiger partial charge on any atom is 0.263 e. The summed E-state index contributed by atoms with van der Waals surface area (Å²) >= 11 is 6.40. The van der Waals surface area contributed by atoms with Crippen molar-refractivity contribution >= 4 is 34.5 Å². The van der Waals surface area contributed by atoms with Crippen molar-refractivity contribution in [2.45, 2.75) is 40.8 Å². The molecule has 2 aromatic heterocycles. The molecule has 3 rings (SSSR count). The fourth-order valence-electron chi connectivity index (χ4n) is 2.93. The quantitative estimate of drug-likeness (QED) is 0.745. The molecule has 0 spiro atoms. The minimum Gasteiger partial charge on any atom is -0.310 e. The maximum atomic E-state index is 12.8. The van der Waals surface area contributed by atoms with E-state index >= 15 is 0 Å². The molecule has 0 radical (unpaired) electrons. The van der Waals surface area contributed by atoms with E-state index in [1.54, 1.807) is 11.6 Å². The molecule has 2 heterocycles. The van der Waals surface area contributed by atoms with Gasteiger partial charge in [0.1, 0.15) is 5.15 Å². The Hall–Kier alpha value is -2.34. The summed E-state index contributed by atoms with van der Waals surface area (Å²) in [6.07, 6.45) is 0. The van der Waals surface area contributed by atoms with E-state index in [1.807, 2.05) is 35.8 Å². The number of anilines is 1. The molecule has 0 unspecified atom stereocenters. The van der Waals surface area contributed by atoms with Gasteiger partial charge in [-0.25, -0.2) is 4.98 Å². The number of nitrogens with zero attached hydrogens (tertiary/aromatic N) is 4. The Labute approximate surface area is 151 Å². The predicted octanol–water partition coefficient (Wildman–Crippen LogP) is 4.12. The van der Waals surface area contributed by atoms with Gasteiger partial charge in [-0.05, 0) is 31.9 Å². The number of aromatic nitrogens is 4. The van der Waals surface area contributed by atoms with Crippen molar-refractivity contribution in [1.82, 2.24) is 19.3 Å². The molecule has 0 fully saturated rings. The second kappa shape index (κ2) is 6.88. The number of aryl methyl sites for hydroxylation is 2. The van der Waals surface area contributed by atoms with Crippen LogP contribution in [0.5, 0.6) is 0 Å². The summed E-state index contributed by atoms with van der Waals surface area (Å²) in [7, 11) is 0. The number of benzene rings is 1. The molecule has 0 saturated heterocycles. The smallest absolute Gasteiger partial charge is 0.263 e. The number of amides is 1. The average molecular weight is 360 g/mol. The molecule has 7 heteroatoms. The Bertz CT molecular complexity index is 925. The molecule has 132 valence electrons. The van der Waals surface area contributed by atoms with Crippen molar-refractivity contribution in [3.63, 3.8) is 0 Å². The predicted molar refractivity (Wildman–Crippen MR) is 100 cm³/mol. The Morgan fingerprint density at radius 3 is 2.72 bits per heavy atom. The number of fused-ring (bicyclic) bond motifs is 1. The summed E-state index contributed by atoms with van der Waals surface area (Å²) < 4.78 is 3.65. The molecule has 0 aliphatic heterocycles. The second-order valence-electron chi connectivity index (χ2n) is 6.45. The summed E-state index contributed by atoms with van der Waals surface area (Å²) in [4.78, 5) is 17.3. The molecular weight excluding hydrogens is 338 g/mol. The van der Waals surface area contributed by atoms with E-state index in [-0.39, 0.29) is 5.91 Å². The van der Waals surface area contributed by atoms with Crippen LogP contribution in [0.1, 0.15) is 36.8 Å². The largest absolute Gasteiger partial charge is 0.310 e. The monoisotopic (exact) mass is 359 g/mol. The van der Waals surface area contributed by atoms with E-state index in [0.29, 0.717) is 41.4 Å². The fourth-order valence-corrected chi connectivity index (χ4v) is 3.26. The van der Waals surface area contributed by atoms with Crippen molar-refractivity contribution in [2.75, 3.05) is 5.32 Å². The molecule has 1 aromatic carbocycles. The van der Waals surface area contributed by atoms with Crippen LogP contribution in [0.15, 0.2) is 24.3 Å². The third kappa shape index (κ3) is 3.26. The first kappa shape index (κ1) is 17.5. The highest BCUT2D eigenvalue weighted by atomic mass is 35.5. The van der Waals surface area contributed by atoms with Gasteiger partial charge >= 0.3 is 0 Å². The second-order valence-corrected chi connectivity index (χ2v) is 6.81. The van der Waals surface area contributed by atoms with Gasteiger partial charge in [-0.2, -0.15) is 5.10 Å². The number of carbonyl (C=O) groups excluding carboxylic acids is 1. The van der Waals surface area contributed by atoms with E-state index in [9.17, 15) is 4.79 Å². The molecule has 0 aliphatic carbocycles. The molecule has 25 heavy (non-hydrogen) atoms. The van der Waals surface area contributed by atoms with Crippen LogP contribution in [-0.4, -0.2) is 25.2 Å². The Balaban J connectivity index is 1.94. The molecule has 6 nitrogen and oxygen atoms in total. The lowest BCUT2D eigenvalue weighted by atomic mass is 10.2. The molecule has 0 bridgehead atoms. The zero-order valence-electron chi connectivity index (χ0n) is 14.9. The van der Waals surface area contributed by atoms with Gasteiger partial charge in [0.2, 0.25) is 5.95 Å². The number of nitrogens with one attached hydrogen (secondary N) is 1. The van der Waals surface area contributed by atoms with E-state index in [2.05, 4.69) is 29.2 Å². The molecule has 1 amide bonds. The number of rotatable bonds is 5. The van der Waals surface area contributed by atoms with E-state index < -0.39 is 0 Å². The van der Waals surface area contributed by atoms with Gasteiger partial charge in [0, 0.05) is 13.1 Å². The molecule has 3 aromatic rings. The molecule has 1 N–H and O–H groups in total. The van der Waals surface area contributed by atoms with Gasteiger partial charge in [0.25, 0.3) is 5.91 Å². The van der Waals surface area contributed by atoms with Gasteiger partial charge in [0.15, 0.2) is 0 Å². The lowest BCUT2D eigenvalue weighted by molar-refractivity contribution is 0.102. The molecule has 0 atom stereocenters. The number of para-hydroxylation sites is 2. The van der Waals surface area contributed by atoms with Crippen LogP contribution in [0.2, 0.25) is 5.15 Å². The highest BCUT2D eigenvalue weighted by Gasteiger charge is 2.22. The fraction of sp³-hybridized carbons (Fsp3) is 0.389. The lowest BCUT2D eigenvalue weighted by Gasteiger charge is -2.08. The van der Waals surface area contributed by atoms with Crippen molar-refractivity contribution in [2.24, 2.45) is 5.92 Å². The van der Waals surface area contributed by atoms with Crippen molar-refractivity contribution in [3.8, 4) is 0 Å². The van der Waals surface area contributed by atoms with E-state index in [4.69, 9.17) is 11.6 Å². The van der Waals surface area contributed by atoms with Gasteiger partial charge < -0.3 is 4.57 Å². The number of imidazole rings is 1. The topological polar surface area (TPSA) is 64.7 Å². The normalized spacial score (nSPS) is 11.4. The van der Waals surface area contributed by atoms with Crippen LogP contribution in [0.4, 0.5) is 5.95 Å². The van der Waals surface area contributed by atoms with Crippen LogP contribution in [-0.2, 0) is 13.1 Å². The number of hydrogen-bond donors (Lipinski definition) is 1. The maximum absolute atomic E-state index is 12.8. The van der Waals surface area contributed by atoms with Crippen molar-refractivity contribution < 1.29 is 4.79 Å². The minimum absolute atomic E-state index is 0.289. The summed E-state index contributed by atoms with van der Waals surface area (Å²) in [5, 5.41) is 7.65. The minimum atomic E-state index is -0.289. The average Bonchev–Trinajstić information content (AvgIpc) is 3.03. The first-order valence-corrected chi connectivity index (χ1v) is 8.79. The number of carbonyl (C=O) groups is 1. The third-order valence-electron chi connectivity index (χ3n) is 4.03. The highest BCUT2D eigenvalue weighted by Crippen LogP contribution is 2.24. The Morgan fingerprint density at radius 1 is 1.32 bits per heavy atom. The van der Waals surface area contributed by atoms with Gasteiger partial charge in [-0.15, -0.1) is 0 Å². The zero-order valence-corrected chi connectivity index (χ0v) is 15.6. The number of halogens is 1. The summed E-state index contributed by atoms with van der Waals surface area (Å²) in [6.45, 7) is 9.34. The Morgan fingerprint density at radius 2 is 2.04 bits per heavy atom. The first-order chi connectivity index (χ1) is 11.9. The van der Waals surface area contributed by atoms with E-state index in [0.717, 1.165) is 11.0 Å². The van der Waals surface area contributed by atoms with Gasteiger partial charge in [-0.3, -0.25) is 14.8 Å². The number of hydrogen-bond acceptors (Lipinski definition) is 3. The van der Waals surface area contributed by atoms with Crippen LogP contribution in [0.25, 0.3) is 11.0 Å². The first-order valence-electron chi connectivity index (χ1n) is 8.41. The van der Waals surface area contributed by atoms with Crippen molar-refractivity contribution in [3.05, 3.63) is 40.7 Å². The molecular formula is C18H22ClN5O. The van der Waals surface area contributed by atoms with Crippen LogP contribution in [0.3, 0.4) is 0 Å². The highest BCUT2D eigenvalue weighted by molar-refractivity contribution is 6.33. The summed E-state index contributed by atoms with van der Waals surface area (Å²) in [5.41, 5.74) is 2.84. The van der Waals surface area contributed by atoms with Crippen LogP contribution < -0.4 is 5.32 Å². The third-order valence-corrected chi connectivity index (χ3v) is 4.41. The summed E-state index contributed by atoms with van der Waals surface area (Å²) in [6, 6.07) is 7.80. The van der Waals surface area contributed by atoms with E-state index in [1.165, 1.54) is 0 Å². The van der Waals surface area contributed by atoms with Crippen molar-refractivity contribution in [1.29, 1.82) is 0 Å². The van der Waals surface area contributed by atoms with Gasteiger partial charge in [-0.1, -0.05) is 37.6 Å². The Kier molecular flexibility index (Phi) is 4.81.